The Morgan fingerprint density at radius 2 is 1.95 bits per heavy atom. The van der Waals surface area contributed by atoms with E-state index in [1.807, 2.05) is 0 Å². The summed E-state index contributed by atoms with van der Waals surface area (Å²) in [6, 6.07) is 4.65. The molecule has 2 fully saturated rings. The van der Waals surface area contributed by atoms with Gasteiger partial charge in [-0.25, -0.2) is 19.7 Å². The fraction of sp³-hybridized carbons (Fsp3) is 0.444. The van der Waals surface area contributed by atoms with E-state index >= 15 is 0 Å². The van der Waals surface area contributed by atoms with Crippen LogP contribution in [0.3, 0.4) is 0 Å². The number of aromatic nitrogens is 4. The van der Waals surface area contributed by atoms with E-state index in [1.54, 1.807) is 24.0 Å². The Morgan fingerprint density at radius 1 is 1.19 bits per heavy atom. The number of likely N-dealkylation sites (N-methyl/N-ethyl adjacent to an activating group) is 1. The second-order valence-corrected chi connectivity index (χ2v) is 10.8. The molecule has 4 heterocycles. The number of aliphatic hydroxyl groups is 2. The van der Waals surface area contributed by atoms with Crippen LogP contribution >= 0.6 is 23.2 Å². The van der Waals surface area contributed by atoms with Crippen LogP contribution < -0.4 is 15.8 Å². The number of amides is 2. The van der Waals surface area contributed by atoms with Crippen molar-refractivity contribution in [3.63, 3.8) is 0 Å². The third-order valence-electron chi connectivity index (χ3n) is 7.13. The van der Waals surface area contributed by atoms with Crippen LogP contribution in [0, 0.1) is 17.8 Å². The summed E-state index contributed by atoms with van der Waals surface area (Å²) >= 11 is 11.9. The smallest absolute Gasteiger partial charge is 0.410 e. The predicted octanol–water partition coefficient (Wildman–Crippen LogP) is 2.12. The molecule has 0 saturated carbocycles. The fourth-order valence-corrected chi connectivity index (χ4v) is 5.15. The van der Waals surface area contributed by atoms with Gasteiger partial charge in [0.15, 0.2) is 23.8 Å². The fourth-order valence-electron chi connectivity index (χ4n) is 4.86. The van der Waals surface area contributed by atoms with Gasteiger partial charge in [0.05, 0.1) is 16.4 Å². The highest BCUT2D eigenvalue weighted by molar-refractivity contribution is 6.42. The van der Waals surface area contributed by atoms with Crippen LogP contribution in [-0.2, 0) is 9.53 Å². The predicted molar refractivity (Wildman–Crippen MR) is 153 cm³/mol. The maximum absolute atomic E-state index is 12.5. The number of hydrogen-bond donors (Lipinski definition) is 4. The van der Waals surface area contributed by atoms with Crippen LogP contribution in [0.1, 0.15) is 38.2 Å². The largest absolute Gasteiger partial charge is 0.415 e. The number of likely N-dealkylation sites (tertiary alicyclic amines) is 1. The van der Waals surface area contributed by atoms with Crippen LogP contribution in [0.4, 0.5) is 10.6 Å². The van der Waals surface area contributed by atoms with Gasteiger partial charge in [0.1, 0.15) is 23.5 Å². The lowest BCUT2D eigenvalue weighted by Crippen LogP contribution is -2.42. The number of nitrogens with zero attached hydrogens (tertiary/aromatic N) is 5. The van der Waals surface area contributed by atoms with Crippen LogP contribution in [0.2, 0.25) is 10.0 Å². The van der Waals surface area contributed by atoms with Gasteiger partial charge in [-0.05, 0) is 43.7 Å². The molecule has 2 aliphatic rings. The van der Waals surface area contributed by atoms with Crippen molar-refractivity contribution in [2.24, 2.45) is 5.92 Å². The van der Waals surface area contributed by atoms with Crippen molar-refractivity contribution >= 4 is 52.2 Å². The van der Waals surface area contributed by atoms with E-state index < -0.39 is 36.5 Å². The quantitative estimate of drug-likeness (QED) is 0.310. The molecule has 1 aromatic carbocycles. The normalized spacial score (nSPS) is 22.5. The molecule has 13 nitrogen and oxygen atoms in total. The zero-order chi connectivity index (χ0) is 30.0. The Bertz CT molecular complexity index is 1550. The molecular weight excluding hydrogens is 589 g/mol. The standard InChI is InChI=1S/C27H29Cl2N7O6/c1-2-31-25(39)22-20(37)21(38)26(42-22)36-13-32-19-23(30)33-18(34-24(19)36)5-3-4-14-8-10-35(11-9-14)27(40)41-15-6-7-16(28)17(29)12-15/h6-7,12-14,20-22,26,37-38H,2,4,8-11H2,1H3,(H,31,39)(H2,30,33,34)/t20-,21?,22+,26-/m1/s1. The molecule has 0 aliphatic carbocycles. The van der Waals surface area contributed by atoms with E-state index in [9.17, 15) is 19.8 Å². The van der Waals surface area contributed by atoms with Gasteiger partial charge in [0.2, 0.25) is 5.82 Å². The van der Waals surface area contributed by atoms with E-state index in [0.717, 1.165) is 12.8 Å². The molecule has 1 unspecified atom stereocenters. The summed E-state index contributed by atoms with van der Waals surface area (Å²) in [5, 5.41) is 24.2. The van der Waals surface area contributed by atoms with Crippen molar-refractivity contribution in [1.82, 2.24) is 29.7 Å². The Morgan fingerprint density at radius 3 is 2.67 bits per heavy atom. The number of imidazole rings is 1. The molecule has 4 atom stereocenters. The van der Waals surface area contributed by atoms with Crippen molar-refractivity contribution in [3.8, 4) is 17.6 Å². The average Bonchev–Trinajstić information content (AvgIpc) is 3.52. The summed E-state index contributed by atoms with van der Waals surface area (Å²) in [5.74, 6) is 6.32. The highest BCUT2D eigenvalue weighted by atomic mass is 35.5. The molecule has 2 saturated heterocycles. The number of halogens is 2. The molecule has 5 rings (SSSR count). The Balaban J connectivity index is 1.21. The van der Waals surface area contributed by atoms with Crippen LogP contribution in [0.25, 0.3) is 11.2 Å². The molecule has 15 heteroatoms. The number of rotatable bonds is 5. The van der Waals surface area contributed by atoms with Gasteiger partial charge >= 0.3 is 6.09 Å². The highest BCUT2D eigenvalue weighted by Gasteiger charge is 2.47. The van der Waals surface area contributed by atoms with Gasteiger partial charge in [-0.1, -0.05) is 29.1 Å². The number of nitrogens with one attached hydrogen (secondary N) is 1. The van der Waals surface area contributed by atoms with Crippen LogP contribution in [0.15, 0.2) is 24.5 Å². The molecule has 42 heavy (non-hydrogen) atoms. The number of ether oxygens (including phenoxy) is 2. The minimum Gasteiger partial charge on any atom is -0.410 e. The molecule has 2 aliphatic heterocycles. The van der Waals surface area contributed by atoms with E-state index in [0.29, 0.717) is 41.8 Å². The number of nitrogen functional groups attached to an aromatic ring is 1. The number of carbonyl (C=O) groups excluding carboxylic acids is 2. The summed E-state index contributed by atoms with van der Waals surface area (Å²) in [6.45, 7) is 3.12. The maximum atomic E-state index is 12.5. The number of nitrogens with two attached hydrogens (primary N) is 1. The number of anilines is 1. The lowest BCUT2D eigenvalue weighted by atomic mass is 9.94. The number of hydrogen-bond acceptors (Lipinski definition) is 10. The first-order valence-corrected chi connectivity index (χ1v) is 14.1. The molecule has 0 radical (unpaired) electrons. The van der Waals surface area contributed by atoms with Crippen molar-refractivity contribution in [2.45, 2.75) is 50.7 Å². The monoisotopic (exact) mass is 617 g/mol. The zero-order valence-corrected chi connectivity index (χ0v) is 24.0. The molecule has 2 aromatic heterocycles. The molecule has 3 aromatic rings. The van der Waals surface area contributed by atoms with Crippen LogP contribution in [0.5, 0.6) is 5.75 Å². The summed E-state index contributed by atoms with van der Waals surface area (Å²) in [5.41, 5.74) is 6.61. The maximum Gasteiger partial charge on any atom is 0.415 e. The number of fused-ring (bicyclic) bond motifs is 1. The van der Waals surface area contributed by atoms with Gasteiger partial charge in [0, 0.05) is 32.1 Å². The summed E-state index contributed by atoms with van der Waals surface area (Å²) < 4.78 is 12.5. The van der Waals surface area contributed by atoms with Crippen molar-refractivity contribution in [3.05, 3.63) is 40.4 Å². The van der Waals surface area contributed by atoms with Gasteiger partial charge < -0.3 is 35.6 Å². The van der Waals surface area contributed by atoms with Gasteiger partial charge in [-0.15, -0.1) is 0 Å². The van der Waals surface area contributed by atoms with Gasteiger partial charge in [-0.3, -0.25) is 9.36 Å². The second kappa shape index (κ2) is 12.7. The molecule has 2 amide bonds. The Labute approximate surface area is 250 Å². The summed E-state index contributed by atoms with van der Waals surface area (Å²) in [7, 11) is 0. The summed E-state index contributed by atoms with van der Waals surface area (Å²) in [6.07, 6.45) is -2.29. The van der Waals surface area contributed by atoms with Crippen molar-refractivity contribution in [2.75, 3.05) is 25.4 Å². The molecule has 0 bridgehead atoms. The lowest BCUT2D eigenvalue weighted by molar-refractivity contribution is -0.137. The zero-order valence-electron chi connectivity index (χ0n) is 22.5. The molecular formula is C27H29Cl2N7O6. The topological polar surface area (TPSA) is 178 Å². The number of piperidine rings is 1. The van der Waals surface area contributed by atoms with Gasteiger partial charge in [-0.2, -0.15) is 0 Å². The first-order chi connectivity index (χ1) is 20.2. The minimum atomic E-state index is -1.44. The first-order valence-electron chi connectivity index (χ1n) is 13.4. The lowest BCUT2D eigenvalue weighted by Gasteiger charge is -2.30. The minimum absolute atomic E-state index is 0.0881. The number of benzene rings is 1. The average molecular weight is 618 g/mol. The Kier molecular flexibility index (Phi) is 9.00. The van der Waals surface area contributed by atoms with E-state index in [4.69, 9.17) is 38.4 Å². The molecule has 5 N–H and O–H groups in total. The highest BCUT2D eigenvalue weighted by Crippen LogP contribution is 2.32. The second-order valence-electron chi connectivity index (χ2n) is 9.96. The SMILES string of the molecule is CCNC(=O)[C@H]1O[C@@H](n2cnc3c(N)nc(C#CCC4CCN(C(=O)Oc5ccc(Cl)c(Cl)c5)CC4)nc32)C(O)[C@H]1O. The summed E-state index contributed by atoms with van der Waals surface area (Å²) in [4.78, 5) is 39.3. The number of carbonyl (C=O) groups is 2. The number of aliphatic hydroxyl groups excluding tert-OH is 2. The first kappa shape index (κ1) is 29.8. The van der Waals surface area contributed by atoms with Crippen molar-refractivity contribution < 1.29 is 29.3 Å². The van der Waals surface area contributed by atoms with Gasteiger partial charge in [0.25, 0.3) is 5.91 Å². The van der Waals surface area contributed by atoms with E-state index in [2.05, 4.69) is 32.1 Å². The third kappa shape index (κ3) is 6.23. The third-order valence-corrected chi connectivity index (χ3v) is 7.87. The van der Waals surface area contributed by atoms with Crippen LogP contribution in [-0.4, -0.2) is 84.6 Å². The molecule has 0 spiro atoms. The van der Waals surface area contributed by atoms with Crippen molar-refractivity contribution in [1.29, 1.82) is 0 Å². The van der Waals surface area contributed by atoms with E-state index in [-0.39, 0.29) is 28.7 Å². The van der Waals surface area contributed by atoms with E-state index in [1.165, 1.54) is 17.0 Å². The Hall–Kier alpha value is -3.67. The molecule has 222 valence electrons.